The van der Waals surface area contributed by atoms with Crippen molar-refractivity contribution in [1.29, 1.82) is 0 Å². The van der Waals surface area contributed by atoms with Crippen LogP contribution < -0.4 is 10.2 Å². The molecular formula is C14H10N2O4S2-2. The summed E-state index contributed by atoms with van der Waals surface area (Å²) in [6.45, 7) is 0. The molecule has 0 N–H and O–H groups in total. The number of aliphatic carboxylic acids is 2. The molecular weight excluding hydrogens is 324 g/mol. The number of aromatic nitrogens is 2. The summed E-state index contributed by atoms with van der Waals surface area (Å²) >= 11 is 2.91. The second-order valence-corrected chi connectivity index (χ2v) is 6.98. The third-order valence-corrected chi connectivity index (χ3v) is 5.23. The molecule has 0 saturated heterocycles. The number of hydrogen-bond donors (Lipinski definition) is 0. The van der Waals surface area contributed by atoms with Crippen LogP contribution in [-0.4, -0.2) is 21.9 Å². The first-order valence-corrected chi connectivity index (χ1v) is 8.23. The van der Waals surface area contributed by atoms with Crippen LogP contribution in [-0.2, 0) is 22.4 Å². The predicted molar refractivity (Wildman–Crippen MR) is 79.5 cm³/mol. The van der Waals surface area contributed by atoms with Gasteiger partial charge in [0, 0.05) is 24.8 Å². The predicted octanol–water partition coefficient (Wildman–Crippen LogP) is 0.271. The van der Waals surface area contributed by atoms with Gasteiger partial charge in [0.1, 0.15) is 0 Å². The highest BCUT2D eigenvalue weighted by Gasteiger charge is 2.09. The van der Waals surface area contributed by atoms with Gasteiger partial charge in [-0.05, 0) is 25.0 Å². The fraction of sp³-hybridized carbons (Fsp3) is 0.286. The SMILES string of the molecule is O=C([O-])CCc1nc2cc3nc(CCC(=O)[O-])sc3cc2s1. The van der Waals surface area contributed by atoms with Crippen molar-refractivity contribution in [2.45, 2.75) is 25.7 Å². The van der Waals surface area contributed by atoms with E-state index in [1.807, 2.05) is 12.1 Å². The van der Waals surface area contributed by atoms with Gasteiger partial charge in [-0.3, -0.25) is 0 Å². The van der Waals surface area contributed by atoms with E-state index in [1.165, 1.54) is 22.7 Å². The number of carbonyl (C=O) groups excluding carboxylic acids is 2. The molecule has 22 heavy (non-hydrogen) atoms. The Bertz CT molecular complexity index is 750. The van der Waals surface area contributed by atoms with Gasteiger partial charge in [-0.15, -0.1) is 22.7 Å². The van der Waals surface area contributed by atoms with Gasteiger partial charge >= 0.3 is 0 Å². The average Bonchev–Trinajstić information content (AvgIpc) is 3.02. The van der Waals surface area contributed by atoms with Crippen molar-refractivity contribution < 1.29 is 19.8 Å². The largest absolute Gasteiger partial charge is 0.550 e. The van der Waals surface area contributed by atoms with E-state index < -0.39 is 11.9 Å². The summed E-state index contributed by atoms with van der Waals surface area (Å²) in [6, 6.07) is 3.81. The van der Waals surface area contributed by atoms with E-state index in [2.05, 4.69) is 9.97 Å². The monoisotopic (exact) mass is 334 g/mol. The minimum absolute atomic E-state index is 0.0419. The Balaban J connectivity index is 1.88. The average molecular weight is 334 g/mol. The van der Waals surface area contributed by atoms with Crippen LogP contribution in [0.15, 0.2) is 12.1 Å². The summed E-state index contributed by atoms with van der Waals surface area (Å²) < 4.78 is 1.94. The van der Waals surface area contributed by atoms with Crippen LogP contribution in [0.1, 0.15) is 22.9 Å². The fourth-order valence-corrected chi connectivity index (χ4v) is 4.13. The molecule has 0 fully saturated rings. The Hall–Kier alpha value is -2.06. The molecule has 2 heterocycles. The standard InChI is InChI=1S/C14H12N2O4S2/c17-13(18)3-1-11-15-7-5-8-10(6-9(7)21-11)22-12(16-8)2-4-14(19)20/h5-6H,1-4H2,(H,17,18)(H,19,20)/p-2. The number of nitrogens with zero attached hydrogens (tertiary/aromatic N) is 2. The maximum absolute atomic E-state index is 10.5. The van der Waals surface area contributed by atoms with E-state index in [4.69, 9.17) is 0 Å². The van der Waals surface area contributed by atoms with Gasteiger partial charge in [-0.2, -0.15) is 0 Å². The van der Waals surface area contributed by atoms with Crippen molar-refractivity contribution in [3.05, 3.63) is 22.1 Å². The zero-order valence-electron chi connectivity index (χ0n) is 11.3. The number of hydrogen-bond acceptors (Lipinski definition) is 8. The highest BCUT2D eigenvalue weighted by Crippen LogP contribution is 2.31. The molecule has 0 bridgehead atoms. The molecule has 0 spiro atoms. The first-order chi connectivity index (χ1) is 10.5. The molecule has 0 aliphatic heterocycles. The molecule has 0 radical (unpaired) electrons. The van der Waals surface area contributed by atoms with Gasteiger partial charge in [-0.25, -0.2) is 9.97 Å². The third kappa shape index (κ3) is 3.23. The normalized spacial score (nSPS) is 11.3. The summed E-state index contributed by atoms with van der Waals surface area (Å²) in [7, 11) is 0. The van der Waals surface area contributed by atoms with Gasteiger partial charge in [0.2, 0.25) is 0 Å². The zero-order valence-corrected chi connectivity index (χ0v) is 13.0. The molecule has 114 valence electrons. The number of carboxylic acids is 2. The highest BCUT2D eigenvalue weighted by atomic mass is 32.1. The zero-order chi connectivity index (χ0) is 15.7. The number of fused-ring (bicyclic) bond motifs is 2. The minimum Gasteiger partial charge on any atom is -0.550 e. The number of aryl methyl sites for hydroxylation is 2. The molecule has 1 aromatic carbocycles. The lowest BCUT2D eigenvalue weighted by Crippen LogP contribution is -2.22. The smallest absolute Gasteiger partial charge is 0.0942 e. The number of rotatable bonds is 6. The van der Waals surface area contributed by atoms with Crippen molar-refractivity contribution in [3.63, 3.8) is 0 Å². The Kier molecular flexibility index (Phi) is 4.04. The lowest BCUT2D eigenvalue weighted by Gasteiger charge is -1.96. The molecule has 3 rings (SSSR count). The Morgan fingerprint density at radius 3 is 1.73 bits per heavy atom. The van der Waals surface area contributed by atoms with Crippen molar-refractivity contribution >= 4 is 55.0 Å². The van der Waals surface area contributed by atoms with E-state index in [-0.39, 0.29) is 12.8 Å². The first kappa shape index (κ1) is 14.9. The molecule has 6 nitrogen and oxygen atoms in total. The number of thiazole rings is 2. The summed E-state index contributed by atoms with van der Waals surface area (Å²) in [6.07, 6.45) is 0.638. The van der Waals surface area contributed by atoms with E-state index in [9.17, 15) is 19.8 Å². The molecule has 0 amide bonds. The molecule has 2 aromatic heterocycles. The Morgan fingerprint density at radius 2 is 1.32 bits per heavy atom. The minimum atomic E-state index is -1.08. The van der Waals surface area contributed by atoms with Crippen molar-refractivity contribution in [1.82, 2.24) is 9.97 Å². The van der Waals surface area contributed by atoms with Crippen LogP contribution in [0, 0.1) is 0 Å². The molecule has 0 aliphatic carbocycles. The fourth-order valence-electron chi connectivity index (χ4n) is 2.08. The maximum Gasteiger partial charge on any atom is 0.0942 e. The molecule has 3 aromatic rings. The van der Waals surface area contributed by atoms with Crippen LogP contribution >= 0.6 is 22.7 Å². The van der Waals surface area contributed by atoms with E-state index >= 15 is 0 Å². The van der Waals surface area contributed by atoms with Crippen LogP contribution in [0.3, 0.4) is 0 Å². The first-order valence-electron chi connectivity index (χ1n) is 6.60. The summed E-state index contributed by atoms with van der Waals surface area (Å²) in [5.74, 6) is -2.17. The third-order valence-electron chi connectivity index (χ3n) is 3.07. The van der Waals surface area contributed by atoms with E-state index in [0.717, 1.165) is 30.4 Å². The summed E-state index contributed by atoms with van der Waals surface area (Å²) in [5.41, 5.74) is 1.56. The van der Waals surface area contributed by atoms with Crippen LogP contribution in [0.5, 0.6) is 0 Å². The lowest BCUT2D eigenvalue weighted by molar-refractivity contribution is -0.307. The highest BCUT2D eigenvalue weighted by molar-refractivity contribution is 7.20. The molecule has 0 atom stereocenters. The van der Waals surface area contributed by atoms with Gasteiger partial charge in [0.05, 0.1) is 30.4 Å². The van der Waals surface area contributed by atoms with E-state index in [0.29, 0.717) is 12.8 Å². The van der Waals surface area contributed by atoms with Crippen molar-refractivity contribution in [3.8, 4) is 0 Å². The van der Waals surface area contributed by atoms with Gasteiger partial charge in [0.25, 0.3) is 0 Å². The number of carboxylic acid groups (broad SMARTS) is 2. The molecule has 0 unspecified atom stereocenters. The Morgan fingerprint density at radius 1 is 0.864 bits per heavy atom. The van der Waals surface area contributed by atoms with E-state index in [1.54, 1.807) is 0 Å². The van der Waals surface area contributed by atoms with Crippen LogP contribution in [0.4, 0.5) is 0 Å². The molecule has 0 saturated carbocycles. The molecule has 0 aliphatic rings. The van der Waals surface area contributed by atoms with Crippen LogP contribution in [0.25, 0.3) is 20.4 Å². The Labute approximate surface area is 133 Å². The number of carbonyl (C=O) groups is 2. The van der Waals surface area contributed by atoms with Crippen molar-refractivity contribution in [2.75, 3.05) is 0 Å². The summed E-state index contributed by atoms with van der Waals surface area (Å²) in [4.78, 5) is 29.8. The molecule has 8 heteroatoms. The second-order valence-electron chi connectivity index (χ2n) is 4.75. The van der Waals surface area contributed by atoms with Crippen molar-refractivity contribution in [2.24, 2.45) is 0 Å². The van der Waals surface area contributed by atoms with Gasteiger partial charge < -0.3 is 19.8 Å². The maximum atomic E-state index is 10.5. The summed E-state index contributed by atoms with van der Waals surface area (Å²) in [5, 5.41) is 22.5. The lowest BCUT2D eigenvalue weighted by atomic mass is 10.3. The van der Waals surface area contributed by atoms with Crippen LogP contribution in [0.2, 0.25) is 0 Å². The topological polar surface area (TPSA) is 106 Å². The quantitative estimate of drug-likeness (QED) is 0.640. The number of benzene rings is 1. The van der Waals surface area contributed by atoms with Gasteiger partial charge in [0.15, 0.2) is 0 Å². The second kappa shape index (κ2) is 5.98. The van der Waals surface area contributed by atoms with Gasteiger partial charge in [-0.1, -0.05) is 0 Å².